The summed E-state index contributed by atoms with van der Waals surface area (Å²) in [6.07, 6.45) is 10.3. The van der Waals surface area contributed by atoms with Crippen molar-refractivity contribution in [3.8, 4) is 0 Å². The Balaban J connectivity index is 1.59. The van der Waals surface area contributed by atoms with Gasteiger partial charge in [-0.05, 0) is 30.4 Å². The minimum Gasteiger partial charge on any atom is -0.450 e. The zero-order valence-corrected chi connectivity index (χ0v) is 18.2. The van der Waals surface area contributed by atoms with E-state index in [0.29, 0.717) is 6.73 Å². The van der Waals surface area contributed by atoms with E-state index in [1.54, 1.807) is 0 Å². The molecule has 0 aromatic heterocycles. The van der Waals surface area contributed by atoms with Gasteiger partial charge in [-0.15, -0.1) is 10.5 Å². The Bertz CT molecular complexity index is 1010. The first-order valence-corrected chi connectivity index (χ1v) is 11.9. The van der Waals surface area contributed by atoms with Crippen LogP contribution in [0.15, 0.2) is 58.7 Å². The molecule has 4 aliphatic rings. The Hall–Kier alpha value is -1.86. The summed E-state index contributed by atoms with van der Waals surface area (Å²) in [6.45, 7) is 4.37. The molecule has 5 rings (SSSR count). The molecule has 5 nitrogen and oxygen atoms in total. The molecule has 3 heterocycles. The average molecular weight is 430 g/mol. The van der Waals surface area contributed by atoms with Gasteiger partial charge in [0.05, 0.1) is 28.4 Å². The van der Waals surface area contributed by atoms with Gasteiger partial charge in [-0.3, -0.25) is 9.69 Å². The van der Waals surface area contributed by atoms with Crippen molar-refractivity contribution in [3.05, 3.63) is 63.7 Å². The number of hydrogen-bond acceptors (Lipinski definition) is 5. The van der Waals surface area contributed by atoms with Crippen molar-refractivity contribution in [2.75, 3.05) is 37.5 Å². The minimum atomic E-state index is -0.242. The van der Waals surface area contributed by atoms with Gasteiger partial charge >= 0.3 is 5.97 Å². The maximum Gasteiger partial charge on any atom is 0.303 e. The smallest absolute Gasteiger partial charge is 0.303 e. The SMILES string of the molecule is CC(=O)OCN1CCN2C3=S(C)C4=C(CC=C4)C3=CN(c3ccccc3Cl)CC12. The number of esters is 1. The van der Waals surface area contributed by atoms with Crippen LogP contribution in [0.1, 0.15) is 13.3 Å². The van der Waals surface area contributed by atoms with Gasteiger partial charge in [0.2, 0.25) is 0 Å². The van der Waals surface area contributed by atoms with Crippen LogP contribution in [0.3, 0.4) is 0 Å². The number of anilines is 1. The predicted molar refractivity (Wildman–Crippen MR) is 120 cm³/mol. The summed E-state index contributed by atoms with van der Waals surface area (Å²) in [6, 6.07) is 8.00. The van der Waals surface area contributed by atoms with Crippen molar-refractivity contribution in [2.24, 2.45) is 0 Å². The van der Waals surface area contributed by atoms with Crippen molar-refractivity contribution in [3.63, 3.8) is 0 Å². The summed E-state index contributed by atoms with van der Waals surface area (Å²) in [5.41, 5.74) is 3.80. The summed E-state index contributed by atoms with van der Waals surface area (Å²) < 4.78 is 5.36. The third-order valence-electron chi connectivity index (χ3n) is 5.97. The second-order valence-corrected chi connectivity index (χ2v) is 9.92. The number of hydrogen-bond donors (Lipinski definition) is 0. The van der Waals surface area contributed by atoms with Crippen LogP contribution >= 0.6 is 22.1 Å². The van der Waals surface area contributed by atoms with Crippen LogP contribution in [0.4, 0.5) is 5.69 Å². The molecule has 29 heavy (non-hydrogen) atoms. The number of nitrogens with zero attached hydrogens (tertiary/aromatic N) is 3. The lowest BCUT2D eigenvalue weighted by Gasteiger charge is -2.32. The number of carbonyl (C=O) groups excluding carboxylic acids is 1. The maximum absolute atomic E-state index is 11.4. The predicted octanol–water partition coefficient (Wildman–Crippen LogP) is 3.76. The summed E-state index contributed by atoms with van der Waals surface area (Å²) in [7, 11) is 0.0522. The van der Waals surface area contributed by atoms with E-state index >= 15 is 0 Å². The third-order valence-corrected chi connectivity index (χ3v) is 8.37. The number of allylic oxidation sites excluding steroid dienone is 2. The third kappa shape index (κ3) is 3.19. The minimum absolute atomic E-state index is 0.0522. The van der Waals surface area contributed by atoms with Crippen LogP contribution < -0.4 is 4.90 Å². The topological polar surface area (TPSA) is 36.0 Å². The standard InChI is InChI=1S/C22H24ClN3O2S/c1-15(27)28-14-24-10-11-26-21(24)13-25(19-8-4-3-7-18(19)23)12-17-16-6-5-9-20(16)29(2)22(17)26/h3-5,7-9,12,21H,6,10-11,13-14H2,1-2H3. The van der Waals surface area contributed by atoms with Crippen molar-refractivity contribution in [1.29, 1.82) is 0 Å². The number of halogens is 1. The zero-order chi connectivity index (χ0) is 20.1. The molecule has 2 unspecified atom stereocenters. The highest BCUT2D eigenvalue weighted by molar-refractivity contribution is 8.19. The molecule has 0 bridgehead atoms. The van der Waals surface area contributed by atoms with Gasteiger partial charge < -0.3 is 9.64 Å². The van der Waals surface area contributed by atoms with Gasteiger partial charge in [-0.2, -0.15) is 0 Å². The quantitative estimate of drug-likeness (QED) is 0.540. The van der Waals surface area contributed by atoms with Crippen LogP contribution in [0.2, 0.25) is 5.02 Å². The fourth-order valence-corrected chi connectivity index (χ4v) is 7.01. The van der Waals surface area contributed by atoms with E-state index in [0.717, 1.165) is 36.8 Å². The van der Waals surface area contributed by atoms with Gasteiger partial charge in [0, 0.05) is 36.7 Å². The first-order chi connectivity index (χ1) is 14.0. The van der Waals surface area contributed by atoms with E-state index in [1.807, 2.05) is 18.2 Å². The largest absolute Gasteiger partial charge is 0.450 e. The second kappa shape index (κ2) is 7.43. The Morgan fingerprint density at radius 2 is 2.14 bits per heavy atom. The molecule has 0 amide bonds. The first kappa shape index (κ1) is 19.1. The molecule has 0 N–H and O–H groups in total. The van der Waals surface area contributed by atoms with Gasteiger partial charge in [-0.25, -0.2) is 4.90 Å². The Morgan fingerprint density at radius 3 is 2.93 bits per heavy atom. The monoisotopic (exact) mass is 429 g/mol. The van der Waals surface area contributed by atoms with Gasteiger partial charge in [0.1, 0.15) is 6.73 Å². The average Bonchev–Trinajstić information content (AvgIpc) is 3.35. The molecule has 0 radical (unpaired) electrons. The number of ether oxygens (including phenoxy) is 1. The number of rotatable bonds is 3. The van der Waals surface area contributed by atoms with Crippen molar-refractivity contribution < 1.29 is 9.53 Å². The number of para-hydroxylation sites is 1. The lowest BCUT2D eigenvalue weighted by Crippen LogP contribution is -2.47. The summed E-state index contributed by atoms with van der Waals surface area (Å²) in [5, 5.41) is 0.746. The highest BCUT2D eigenvalue weighted by Crippen LogP contribution is 2.48. The molecule has 2 atom stereocenters. The molecule has 1 aromatic rings. The molecule has 0 saturated carbocycles. The molecular weight excluding hydrogens is 406 g/mol. The number of benzene rings is 1. The van der Waals surface area contributed by atoms with Crippen LogP contribution in [-0.4, -0.2) is 59.5 Å². The van der Waals surface area contributed by atoms with Crippen LogP contribution in [0, 0.1) is 0 Å². The van der Waals surface area contributed by atoms with E-state index in [2.05, 4.69) is 45.4 Å². The van der Waals surface area contributed by atoms with Crippen LogP contribution in [0.5, 0.6) is 0 Å². The van der Waals surface area contributed by atoms with E-state index < -0.39 is 0 Å². The Morgan fingerprint density at radius 1 is 1.31 bits per heavy atom. The normalized spacial score (nSPS) is 26.4. The molecule has 7 heteroatoms. The van der Waals surface area contributed by atoms with Crippen LogP contribution in [-0.2, 0) is 9.53 Å². The van der Waals surface area contributed by atoms with Crippen LogP contribution in [0.25, 0.3) is 0 Å². The van der Waals surface area contributed by atoms with Crippen molar-refractivity contribution in [2.45, 2.75) is 19.5 Å². The fourth-order valence-electron chi connectivity index (χ4n) is 4.62. The zero-order valence-electron chi connectivity index (χ0n) is 16.6. The molecule has 3 aliphatic heterocycles. The highest BCUT2D eigenvalue weighted by Gasteiger charge is 2.42. The number of fused-ring (bicyclic) bond motifs is 4. The summed E-state index contributed by atoms with van der Waals surface area (Å²) >= 11 is 6.58. The van der Waals surface area contributed by atoms with Crippen molar-refractivity contribution in [1.82, 2.24) is 9.80 Å². The van der Waals surface area contributed by atoms with Crippen molar-refractivity contribution >= 4 is 38.7 Å². The second-order valence-electron chi connectivity index (χ2n) is 7.66. The molecular formula is C22H24ClN3O2S. The molecule has 152 valence electrons. The summed E-state index contributed by atoms with van der Waals surface area (Å²) in [5.74, 6) is -0.242. The molecule has 1 saturated heterocycles. The molecule has 1 fully saturated rings. The number of carbonyl (C=O) groups is 1. The van der Waals surface area contributed by atoms with Gasteiger partial charge in [0.25, 0.3) is 0 Å². The highest BCUT2D eigenvalue weighted by atomic mass is 35.5. The van der Waals surface area contributed by atoms with E-state index in [-0.39, 0.29) is 22.6 Å². The van der Waals surface area contributed by atoms with Gasteiger partial charge in [-0.1, -0.05) is 35.9 Å². The fraction of sp³-hybridized carbons (Fsp3) is 0.364. The Kier molecular flexibility index (Phi) is 4.90. The molecule has 1 aromatic carbocycles. The van der Waals surface area contributed by atoms with Gasteiger partial charge in [0.15, 0.2) is 0 Å². The lowest BCUT2D eigenvalue weighted by molar-refractivity contribution is -0.146. The first-order valence-electron chi connectivity index (χ1n) is 9.85. The molecule has 1 aliphatic carbocycles. The molecule has 0 spiro atoms. The summed E-state index contributed by atoms with van der Waals surface area (Å²) in [4.78, 5) is 21.4. The van der Waals surface area contributed by atoms with E-state index in [9.17, 15) is 4.79 Å². The maximum atomic E-state index is 11.4. The Labute approximate surface area is 178 Å². The lowest BCUT2D eigenvalue weighted by atomic mass is 10.1. The van der Waals surface area contributed by atoms with E-state index in [4.69, 9.17) is 16.3 Å². The van der Waals surface area contributed by atoms with E-state index in [1.165, 1.54) is 28.0 Å².